The maximum atomic E-state index is 13.0. The molecule has 1 atom stereocenters. The highest BCUT2D eigenvalue weighted by Crippen LogP contribution is 2.24. The maximum absolute atomic E-state index is 13.0. The van der Waals surface area contributed by atoms with E-state index in [-0.39, 0.29) is 22.9 Å². The molecule has 0 N–H and O–H groups in total. The van der Waals surface area contributed by atoms with Crippen molar-refractivity contribution in [1.29, 1.82) is 0 Å². The summed E-state index contributed by atoms with van der Waals surface area (Å²) in [6, 6.07) is 10.6. The minimum atomic E-state index is -0.757. The molecule has 10 heteroatoms. The van der Waals surface area contributed by atoms with Crippen LogP contribution in [0.3, 0.4) is 0 Å². The van der Waals surface area contributed by atoms with Crippen LogP contribution in [-0.4, -0.2) is 50.6 Å². The first kappa shape index (κ1) is 20.6. The number of rotatable bonds is 6. The van der Waals surface area contributed by atoms with Crippen molar-refractivity contribution in [2.45, 2.75) is 13.0 Å². The average molecular weight is 409 g/mol. The number of ether oxygens (including phenoxy) is 1. The molecule has 0 aliphatic carbocycles. The smallest absolute Gasteiger partial charge is 0.338 e. The second-order valence-corrected chi connectivity index (χ2v) is 6.54. The number of nitrogens with zero attached hydrogens (tertiary/aromatic N) is 5. The number of carbonyl (C=O) groups excluding carboxylic acids is 2. The van der Waals surface area contributed by atoms with Gasteiger partial charge in [0.1, 0.15) is 12.7 Å². The molecule has 10 nitrogen and oxygen atoms in total. The Kier molecular flexibility index (Phi) is 5.86. The van der Waals surface area contributed by atoms with Gasteiger partial charge in [-0.3, -0.25) is 14.9 Å². The van der Waals surface area contributed by atoms with Crippen molar-refractivity contribution < 1.29 is 19.2 Å². The SMILES string of the molecule is COC(=O)c1cc(C(=O)N(C)[C@@H](C)c2ccc(-n3cncn3)cc2)cc([N+](=O)[O-])c1. The number of esters is 1. The van der Waals surface area contributed by atoms with Crippen molar-refractivity contribution in [1.82, 2.24) is 19.7 Å². The highest BCUT2D eigenvalue weighted by atomic mass is 16.6. The monoisotopic (exact) mass is 409 g/mol. The first-order chi connectivity index (χ1) is 14.3. The zero-order valence-corrected chi connectivity index (χ0v) is 16.6. The van der Waals surface area contributed by atoms with Gasteiger partial charge in [-0.05, 0) is 30.7 Å². The number of methoxy groups -OCH3 is 1. The van der Waals surface area contributed by atoms with Gasteiger partial charge in [-0.2, -0.15) is 5.10 Å². The van der Waals surface area contributed by atoms with E-state index in [1.165, 1.54) is 24.4 Å². The summed E-state index contributed by atoms with van der Waals surface area (Å²) in [5.41, 5.74) is 1.28. The highest BCUT2D eigenvalue weighted by Gasteiger charge is 2.23. The third-order valence-corrected chi connectivity index (χ3v) is 4.76. The van der Waals surface area contributed by atoms with Crippen LogP contribution in [0.1, 0.15) is 39.2 Å². The Hall–Kier alpha value is -4.08. The van der Waals surface area contributed by atoms with Gasteiger partial charge in [0.15, 0.2) is 0 Å². The molecule has 2 aromatic carbocycles. The number of non-ortho nitro benzene ring substituents is 1. The Balaban J connectivity index is 1.86. The predicted molar refractivity (Wildman–Crippen MR) is 106 cm³/mol. The molecule has 0 aliphatic heterocycles. The van der Waals surface area contributed by atoms with Gasteiger partial charge in [-0.25, -0.2) is 14.5 Å². The Morgan fingerprint density at radius 1 is 1.17 bits per heavy atom. The lowest BCUT2D eigenvalue weighted by Gasteiger charge is -2.25. The Morgan fingerprint density at radius 3 is 2.40 bits per heavy atom. The van der Waals surface area contributed by atoms with Crippen LogP contribution in [0.4, 0.5) is 5.69 Å². The van der Waals surface area contributed by atoms with E-state index in [2.05, 4.69) is 14.8 Å². The summed E-state index contributed by atoms with van der Waals surface area (Å²) < 4.78 is 6.24. The molecule has 3 rings (SSSR count). The number of nitro groups is 1. The molecule has 1 aromatic heterocycles. The zero-order valence-electron chi connectivity index (χ0n) is 16.6. The van der Waals surface area contributed by atoms with Gasteiger partial charge in [-0.15, -0.1) is 0 Å². The van der Waals surface area contributed by atoms with E-state index in [9.17, 15) is 19.7 Å². The summed E-state index contributed by atoms with van der Waals surface area (Å²) in [6.45, 7) is 1.83. The predicted octanol–water partition coefficient (Wildman–Crippen LogP) is 2.80. The van der Waals surface area contributed by atoms with Crippen LogP contribution in [0.5, 0.6) is 0 Å². The molecular formula is C20H19N5O5. The van der Waals surface area contributed by atoms with E-state index in [1.54, 1.807) is 18.1 Å². The standard InChI is InChI=1S/C20H19N5O5/c1-13(14-4-6-17(7-5-14)24-12-21-11-22-24)23(2)19(26)15-8-16(20(27)30-3)10-18(9-15)25(28)29/h4-13H,1-3H3/t13-/m0/s1. The van der Waals surface area contributed by atoms with Crippen LogP contribution in [0.15, 0.2) is 55.1 Å². The van der Waals surface area contributed by atoms with Gasteiger partial charge >= 0.3 is 5.97 Å². The van der Waals surface area contributed by atoms with Gasteiger partial charge in [0.25, 0.3) is 11.6 Å². The fourth-order valence-electron chi connectivity index (χ4n) is 2.93. The van der Waals surface area contributed by atoms with Crippen molar-refractivity contribution in [3.8, 4) is 5.69 Å². The van der Waals surface area contributed by atoms with Crippen LogP contribution in [-0.2, 0) is 4.74 Å². The van der Waals surface area contributed by atoms with E-state index in [1.807, 2.05) is 31.2 Å². The van der Waals surface area contributed by atoms with Crippen molar-refractivity contribution >= 4 is 17.6 Å². The lowest BCUT2D eigenvalue weighted by molar-refractivity contribution is -0.384. The first-order valence-electron chi connectivity index (χ1n) is 8.91. The lowest BCUT2D eigenvalue weighted by atomic mass is 10.0. The molecule has 154 valence electrons. The summed E-state index contributed by atoms with van der Waals surface area (Å²) in [5, 5.41) is 15.3. The lowest BCUT2D eigenvalue weighted by Crippen LogP contribution is -2.30. The van der Waals surface area contributed by atoms with Gasteiger partial charge < -0.3 is 9.64 Å². The summed E-state index contributed by atoms with van der Waals surface area (Å²) >= 11 is 0. The molecule has 1 heterocycles. The van der Waals surface area contributed by atoms with E-state index >= 15 is 0 Å². The highest BCUT2D eigenvalue weighted by molar-refractivity contribution is 5.99. The van der Waals surface area contributed by atoms with E-state index in [0.717, 1.165) is 23.4 Å². The number of hydrogen-bond donors (Lipinski definition) is 0. The van der Waals surface area contributed by atoms with Crippen molar-refractivity contribution in [3.63, 3.8) is 0 Å². The molecule has 30 heavy (non-hydrogen) atoms. The number of nitro benzene ring substituents is 1. The molecule has 1 amide bonds. The summed E-state index contributed by atoms with van der Waals surface area (Å²) in [7, 11) is 2.76. The van der Waals surface area contributed by atoms with Gasteiger partial charge in [0.2, 0.25) is 0 Å². The summed E-state index contributed by atoms with van der Waals surface area (Å²) in [5.74, 6) is -1.22. The third kappa shape index (κ3) is 4.17. The van der Waals surface area contributed by atoms with Gasteiger partial charge in [0, 0.05) is 24.7 Å². The number of carbonyl (C=O) groups is 2. The molecule has 0 aliphatic rings. The third-order valence-electron chi connectivity index (χ3n) is 4.76. The fraction of sp³-hybridized carbons (Fsp3) is 0.200. The second kappa shape index (κ2) is 8.52. The van der Waals surface area contributed by atoms with E-state index in [4.69, 9.17) is 0 Å². The quantitative estimate of drug-likeness (QED) is 0.349. The Morgan fingerprint density at radius 2 is 1.83 bits per heavy atom. The Labute approximate surface area is 171 Å². The van der Waals surface area contributed by atoms with Gasteiger partial charge in [0.05, 0.1) is 29.3 Å². The summed E-state index contributed by atoms with van der Waals surface area (Å²) in [4.78, 5) is 40.7. The van der Waals surface area contributed by atoms with Crippen LogP contribution < -0.4 is 0 Å². The zero-order chi connectivity index (χ0) is 21.8. The largest absolute Gasteiger partial charge is 0.465 e. The fourth-order valence-corrected chi connectivity index (χ4v) is 2.93. The van der Waals surface area contributed by atoms with Crippen LogP contribution in [0.25, 0.3) is 5.69 Å². The molecule has 0 spiro atoms. The van der Waals surface area contributed by atoms with Crippen LogP contribution >= 0.6 is 0 Å². The van der Waals surface area contributed by atoms with E-state index < -0.39 is 16.8 Å². The first-order valence-corrected chi connectivity index (χ1v) is 8.91. The summed E-state index contributed by atoms with van der Waals surface area (Å²) in [6.07, 6.45) is 3.01. The number of hydrogen-bond acceptors (Lipinski definition) is 7. The maximum Gasteiger partial charge on any atom is 0.338 e. The topological polar surface area (TPSA) is 120 Å². The molecule has 0 saturated heterocycles. The average Bonchev–Trinajstić information content (AvgIpc) is 3.31. The number of benzene rings is 2. The molecule has 0 unspecified atom stereocenters. The molecule has 3 aromatic rings. The number of amides is 1. The number of aromatic nitrogens is 3. The van der Waals surface area contributed by atoms with Gasteiger partial charge in [-0.1, -0.05) is 12.1 Å². The minimum Gasteiger partial charge on any atom is -0.465 e. The van der Waals surface area contributed by atoms with Crippen molar-refractivity contribution in [3.05, 3.63) is 81.9 Å². The Bertz CT molecular complexity index is 1080. The molecule has 0 bridgehead atoms. The molecule has 0 saturated carbocycles. The van der Waals surface area contributed by atoms with Crippen LogP contribution in [0, 0.1) is 10.1 Å². The molecule has 0 radical (unpaired) electrons. The van der Waals surface area contributed by atoms with Crippen molar-refractivity contribution in [2.24, 2.45) is 0 Å². The van der Waals surface area contributed by atoms with Crippen molar-refractivity contribution in [2.75, 3.05) is 14.2 Å². The normalized spacial score (nSPS) is 11.6. The van der Waals surface area contributed by atoms with Crippen LogP contribution in [0.2, 0.25) is 0 Å². The minimum absolute atomic E-state index is 0.0261. The molecule has 0 fully saturated rings. The second-order valence-electron chi connectivity index (χ2n) is 6.54. The van der Waals surface area contributed by atoms with E-state index in [0.29, 0.717) is 0 Å². The molecular weight excluding hydrogens is 390 g/mol.